The van der Waals surface area contributed by atoms with Crippen molar-refractivity contribution in [3.63, 3.8) is 0 Å². The highest BCUT2D eigenvalue weighted by Crippen LogP contribution is 2.43. The number of nitrogens with two attached hydrogens (primary N) is 1. The van der Waals surface area contributed by atoms with Crippen LogP contribution in [0, 0.1) is 11.8 Å². The maximum absolute atomic E-state index is 12.9. The van der Waals surface area contributed by atoms with Gasteiger partial charge in [0.25, 0.3) is 0 Å². The Morgan fingerprint density at radius 1 is 0.695 bits per heavy atom. The zero-order valence-corrected chi connectivity index (χ0v) is 37.7. The first-order chi connectivity index (χ1) is 28.4. The number of carbonyl (C=O) groups is 3. The first-order valence-corrected chi connectivity index (χ1v) is 24.8. The number of phosphoric acid groups is 1. The maximum atomic E-state index is 12.9. The van der Waals surface area contributed by atoms with E-state index in [1.165, 1.54) is 83.5 Å². The molecular weight excluding hydrogens is 777 g/mol. The zero-order valence-electron chi connectivity index (χ0n) is 36.8. The van der Waals surface area contributed by atoms with Crippen molar-refractivity contribution in [3.05, 3.63) is 12.2 Å². The highest BCUT2D eigenvalue weighted by Gasteiger charge is 2.41. The smallest absolute Gasteiger partial charge is 0.462 e. The van der Waals surface area contributed by atoms with Crippen LogP contribution in [0.3, 0.4) is 0 Å². The molecule has 0 aromatic rings. The summed E-state index contributed by atoms with van der Waals surface area (Å²) >= 11 is 0. The van der Waals surface area contributed by atoms with Crippen LogP contribution in [0.1, 0.15) is 194 Å². The van der Waals surface area contributed by atoms with Gasteiger partial charge < -0.3 is 35.4 Å². The third-order valence-corrected chi connectivity index (χ3v) is 12.1. The molecule has 0 aliphatic heterocycles. The van der Waals surface area contributed by atoms with Gasteiger partial charge in [0, 0.05) is 50.5 Å². The average Bonchev–Trinajstić information content (AvgIpc) is 3.47. The summed E-state index contributed by atoms with van der Waals surface area (Å²) in [6, 6.07) is 0. The van der Waals surface area contributed by atoms with Gasteiger partial charge in [0.2, 0.25) is 0 Å². The second kappa shape index (κ2) is 35.9. The Balaban J connectivity index is 2.38. The summed E-state index contributed by atoms with van der Waals surface area (Å²) in [6.45, 7) is 3.21. The van der Waals surface area contributed by atoms with Crippen molar-refractivity contribution in [3.8, 4) is 0 Å². The minimum atomic E-state index is -4.48. The van der Waals surface area contributed by atoms with Gasteiger partial charge in [-0.3, -0.25) is 23.4 Å². The quantitative estimate of drug-likeness (QED) is 0.0169. The van der Waals surface area contributed by atoms with Crippen molar-refractivity contribution < 1.29 is 57.7 Å². The molecular formula is C45H84NO12P. The summed E-state index contributed by atoms with van der Waals surface area (Å²) in [5, 5.41) is 31.3. The SMILES string of the molecule is CCCCCCCCCCCCCCCCCCCC(=O)OC[C@H](COP(=O)(O)OCCN)OC(=O)CCCCC(=O)C[C@@H]1[C@@H](/C=C/[C@@H](O)CCCCC)[C@H](O)C[C@@H]1O. The van der Waals surface area contributed by atoms with Crippen molar-refractivity contribution in [1.82, 2.24) is 0 Å². The number of ketones is 1. The fourth-order valence-corrected chi connectivity index (χ4v) is 8.34. The van der Waals surface area contributed by atoms with Crippen LogP contribution in [0.25, 0.3) is 0 Å². The molecule has 1 aliphatic rings. The second-order valence-electron chi connectivity index (χ2n) is 16.6. The molecule has 0 spiro atoms. The number of ether oxygens (including phenoxy) is 2. The standard InChI is InChI=1S/C45H84NO12P/c1-3-5-7-8-9-10-11-12-13-14-15-16-17-18-19-20-22-27-44(51)55-35-39(36-57-59(53,54)56-32-31-46)58-45(52)28-24-23-26-38(48)33-41-40(42(49)34-43(41)50)30-29-37(47)25-21-6-4-2/h29-30,37,39-43,47,49-50H,3-28,31-36,46H2,1-2H3,(H,53,54)/b30-29+/t37-,39+,40+,41+,42+,43-/m0/s1. The van der Waals surface area contributed by atoms with Gasteiger partial charge in [0.05, 0.1) is 31.5 Å². The number of carbonyl (C=O) groups excluding carboxylic acids is 3. The lowest BCUT2D eigenvalue weighted by atomic mass is 9.87. The molecule has 0 amide bonds. The van der Waals surface area contributed by atoms with Gasteiger partial charge >= 0.3 is 19.8 Å². The lowest BCUT2D eigenvalue weighted by Gasteiger charge is -2.20. The molecule has 0 aromatic heterocycles. The Morgan fingerprint density at radius 2 is 1.20 bits per heavy atom. The van der Waals surface area contributed by atoms with Crippen LogP contribution < -0.4 is 5.73 Å². The predicted molar refractivity (Wildman–Crippen MR) is 231 cm³/mol. The van der Waals surface area contributed by atoms with Crippen LogP contribution in [-0.2, 0) is 37.5 Å². The third kappa shape index (κ3) is 30.1. The van der Waals surface area contributed by atoms with Crippen LogP contribution in [-0.4, -0.2) is 88.7 Å². The molecule has 6 N–H and O–H groups in total. The number of hydrogen-bond acceptors (Lipinski definition) is 12. The average molecular weight is 862 g/mol. The molecule has 346 valence electrons. The molecule has 1 rings (SSSR count). The molecule has 59 heavy (non-hydrogen) atoms. The summed E-state index contributed by atoms with van der Waals surface area (Å²) in [6.07, 6.45) is 25.8. The number of aliphatic hydroxyl groups excluding tert-OH is 3. The van der Waals surface area contributed by atoms with E-state index in [4.69, 9.17) is 24.3 Å². The molecule has 0 aromatic carbocycles. The summed E-state index contributed by atoms with van der Waals surface area (Å²) in [5.41, 5.74) is 5.34. The summed E-state index contributed by atoms with van der Waals surface area (Å²) < 4.78 is 32.7. The fraction of sp³-hybridized carbons (Fsp3) is 0.889. The highest BCUT2D eigenvalue weighted by atomic mass is 31.2. The summed E-state index contributed by atoms with van der Waals surface area (Å²) in [5.74, 6) is -2.12. The molecule has 1 unspecified atom stereocenters. The second-order valence-corrected chi connectivity index (χ2v) is 18.1. The van der Waals surface area contributed by atoms with E-state index >= 15 is 0 Å². The van der Waals surface area contributed by atoms with Crippen molar-refractivity contribution in [2.75, 3.05) is 26.4 Å². The Bertz CT molecular complexity index is 1160. The van der Waals surface area contributed by atoms with E-state index in [9.17, 15) is 39.2 Å². The van der Waals surface area contributed by atoms with Crippen LogP contribution in [0.2, 0.25) is 0 Å². The largest absolute Gasteiger partial charge is 0.472 e. The minimum absolute atomic E-state index is 0.00398. The number of rotatable bonds is 40. The molecule has 1 saturated carbocycles. The molecule has 1 fully saturated rings. The zero-order chi connectivity index (χ0) is 43.6. The first kappa shape index (κ1) is 55.3. The Hall–Kier alpha value is -1.70. The van der Waals surface area contributed by atoms with Crippen molar-refractivity contribution in [2.24, 2.45) is 17.6 Å². The lowest BCUT2D eigenvalue weighted by molar-refractivity contribution is -0.161. The normalized spacial score (nSPS) is 20.1. The van der Waals surface area contributed by atoms with Gasteiger partial charge in [-0.1, -0.05) is 148 Å². The number of hydrogen-bond donors (Lipinski definition) is 5. The number of esters is 2. The van der Waals surface area contributed by atoms with E-state index in [2.05, 4.69) is 13.8 Å². The molecule has 0 bridgehead atoms. The van der Waals surface area contributed by atoms with E-state index in [0.717, 1.165) is 38.5 Å². The first-order valence-electron chi connectivity index (χ1n) is 23.3. The number of aliphatic hydroxyl groups is 3. The molecule has 0 heterocycles. The van der Waals surface area contributed by atoms with Crippen molar-refractivity contribution in [2.45, 2.75) is 218 Å². The van der Waals surface area contributed by atoms with Gasteiger partial charge in [0.15, 0.2) is 6.10 Å². The third-order valence-electron chi connectivity index (χ3n) is 11.1. The molecule has 13 nitrogen and oxygen atoms in total. The van der Waals surface area contributed by atoms with Crippen LogP contribution in [0.5, 0.6) is 0 Å². The van der Waals surface area contributed by atoms with Gasteiger partial charge in [-0.25, -0.2) is 4.57 Å². The number of unbranched alkanes of at least 4 members (excludes halogenated alkanes) is 19. The topological polar surface area (TPSA) is 212 Å². The Labute approximate surface area is 356 Å². The van der Waals surface area contributed by atoms with Gasteiger partial charge in [-0.2, -0.15) is 0 Å². The van der Waals surface area contributed by atoms with Crippen LogP contribution in [0.4, 0.5) is 0 Å². The predicted octanol–water partition coefficient (Wildman–Crippen LogP) is 8.95. The van der Waals surface area contributed by atoms with Crippen molar-refractivity contribution >= 4 is 25.5 Å². The Kier molecular flexibility index (Phi) is 33.6. The van der Waals surface area contributed by atoms with Gasteiger partial charge in [-0.15, -0.1) is 0 Å². The fourth-order valence-electron chi connectivity index (χ4n) is 7.57. The minimum Gasteiger partial charge on any atom is -0.462 e. The van der Waals surface area contributed by atoms with E-state index in [1.807, 2.05) is 0 Å². The van der Waals surface area contributed by atoms with Crippen LogP contribution >= 0.6 is 7.82 Å². The molecule has 14 heteroatoms. The summed E-state index contributed by atoms with van der Waals surface area (Å²) in [4.78, 5) is 48.0. The van der Waals surface area contributed by atoms with E-state index in [-0.39, 0.29) is 57.6 Å². The molecule has 7 atom stereocenters. The van der Waals surface area contributed by atoms with Gasteiger partial charge in [0.1, 0.15) is 12.4 Å². The maximum Gasteiger partial charge on any atom is 0.472 e. The molecule has 1 aliphatic carbocycles. The monoisotopic (exact) mass is 862 g/mol. The summed E-state index contributed by atoms with van der Waals surface area (Å²) in [7, 11) is -4.48. The molecule has 0 saturated heterocycles. The Morgan fingerprint density at radius 3 is 1.78 bits per heavy atom. The van der Waals surface area contributed by atoms with E-state index < -0.39 is 62.6 Å². The van der Waals surface area contributed by atoms with Gasteiger partial charge in [-0.05, 0) is 25.7 Å². The van der Waals surface area contributed by atoms with Crippen molar-refractivity contribution in [1.29, 1.82) is 0 Å². The van der Waals surface area contributed by atoms with Crippen LogP contribution in [0.15, 0.2) is 12.2 Å². The number of Topliss-reactive ketones (excluding diaryl/α,β-unsaturated/α-hetero) is 1. The molecule has 0 radical (unpaired) electrons. The number of phosphoric ester groups is 1. The van der Waals surface area contributed by atoms with E-state index in [0.29, 0.717) is 25.7 Å². The lowest BCUT2D eigenvalue weighted by Crippen LogP contribution is -2.29. The van der Waals surface area contributed by atoms with E-state index in [1.54, 1.807) is 12.2 Å². The highest BCUT2D eigenvalue weighted by molar-refractivity contribution is 7.47.